The minimum atomic E-state index is -0.266. The van der Waals surface area contributed by atoms with Crippen molar-refractivity contribution in [2.75, 3.05) is 6.61 Å². The molecule has 27 heavy (non-hydrogen) atoms. The Morgan fingerprint density at radius 2 is 1.85 bits per heavy atom. The molecular weight excluding hydrogens is 342 g/mol. The van der Waals surface area contributed by atoms with Crippen LogP contribution in [0.4, 0.5) is 0 Å². The van der Waals surface area contributed by atoms with E-state index in [1.165, 1.54) is 5.56 Å². The zero-order valence-corrected chi connectivity index (χ0v) is 16.7. The van der Waals surface area contributed by atoms with E-state index in [9.17, 15) is 9.59 Å². The third kappa shape index (κ3) is 9.78. The summed E-state index contributed by atoms with van der Waals surface area (Å²) in [5.41, 5.74) is 7.33. The van der Waals surface area contributed by atoms with E-state index in [0.29, 0.717) is 18.9 Å². The van der Waals surface area contributed by atoms with Crippen LogP contribution >= 0.6 is 0 Å². The molecule has 0 bridgehead atoms. The number of hydrogen-bond donors (Lipinski definition) is 3. The van der Waals surface area contributed by atoms with Crippen LogP contribution in [-0.4, -0.2) is 30.4 Å². The molecule has 0 heterocycles. The minimum absolute atomic E-state index is 0.0168. The average molecular weight is 376 g/mol. The molecule has 0 saturated carbocycles. The first-order chi connectivity index (χ1) is 12.8. The highest BCUT2D eigenvalue weighted by atomic mass is 16.5. The van der Waals surface area contributed by atoms with Crippen LogP contribution in [0.5, 0.6) is 0 Å². The maximum Gasteiger partial charge on any atom is 0.307 e. The van der Waals surface area contributed by atoms with Crippen LogP contribution in [0.2, 0.25) is 0 Å². The van der Waals surface area contributed by atoms with E-state index >= 15 is 0 Å². The fourth-order valence-electron chi connectivity index (χ4n) is 2.95. The van der Waals surface area contributed by atoms with E-state index in [4.69, 9.17) is 15.9 Å². The van der Waals surface area contributed by atoms with Crippen LogP contribution in [0.1, 0.15) is 64.0 Å². The van der Waals surface area contributed by atoms with Gasteiger partial charge in [0.05, 0.1) is 13.0 Å². The fourth-order valence-corrected chi connectivity index (χ4v) is 2.95. The molecule has 1 rings (SSSR count). The molecule has 0 aliphatic carbocycles. The van der Waals surface area contributed by atoms with Gasteiger partial charge in [0.1, 0.15) is 5.84 Å². The van der Waals surface area contributed by atoms with Gasteiger partial charge < -0.3 is 15.8 Å². The molecule has 0 fully saturated rings. The summed E-state index contributed by atoms with van der Waals surface area (Å²) in [6.45, 7) is 6.28. The Labute approximate surface area is 162 Å². The number of carbonyl (C=O) groups is 2. The topological polar surface area (TPSA) is 105 Å². The number of nitrogens with two attached hydrogens (primary N) is 1. The Morgan fingerprint density at radius 3 is 2.41 bits per heavy atom. The van der Waals surface area contributed by atoms with Crippen LogP contribution < -0.4 is 11.1 Å². The molecule has 1 unspecified atom stereocenters. The van der Waals surface area contributed by atoms with Gasteiger partial charge in [0.2, 0.25) is 5.91 Å². The largest absolute Gasteiger partial charge is 0.466 e. The second kappa shape index (κ2) is 12.1. The molecular formula is C21H33N3O3. The van der Waals surface area contributed by atoms with Crippen molar-refractivity contribution in [2.24, 2.45) is 11.7 Å². The van der Waals surface area contributed by atoms with Crippen molar-refractivity contribution in [3.63, 3.8) is 0 Å². The number of amidine groups is 1. The Balaban J connectivity index is 2.36. The number of nitrogen functional groups attached to an aromatic ring is 1. The smallest absolute Gasteiger partial charge is 0.307 e. The Hall–Kier alpha value is -2.37. The molecule has 0 aliphatic heterocycles. The van der Waals surface area contributed by atoms with E-state index in [1.807, 2.05) is 24.3 Å². The molecule has 0 saturated heterocycles. The van der Waals surface area contributed by atoms with E-state index in [-0.39, 0.29) is 30.2 Å². The van der Waals surface area contributed by atoms with Gasteiger partial charge in [-0.2, -0.15) is 0 Å². The van der Waals surface area contributed by atoms with Gasteiger partial charge in [-0.05, 0) is 44.1 Å². The number of benzene rings is 1. The minimum Gasteiger partial charge on any atom is -0.466 e. The Kier molecular flexibility index (Phi) is 10.2. The number of rotatable bonds is 12. The van der Waals surface area contributed by atoms with Gasteiger partial charge in [0.15, 0.2) is 0 Å². The number of ether oxygens (including phenoxy) is 1. The average Bonchev–Trinajstić information content (AvgIpc) is 2.58. The summed E-state index contributed by atoms with van der Waals surface area (Å²) in [6.07, 6.45) is 3.99. The fraction of sp³-hybridized carbons (Fsp3) is 0.571. The molecule has 4 N–H and O–H groups in total. The summed E-state index contributed by atoms with van der Waals surface area (Å²) in [7, 11) is 0. The number of carbonyl (C=O) groups excluding carboxylic acids is 2. The molecule has 1 atom stereocenters. The van der Waals surface area contributed by atoms with Gasteiger partial charge in [-0.3, -0.25) is 15.0 Å². The van der Waals surface area contributed by atoms with E-state index in [2.05, 4.69) is 19.2 Å². The summed E-state index contributed by atoms with van der Waals surface area (Å²) >= 11 is 0. The highest BCUT2D eigenvalue weighted by molar-refractivity contribution is 5.94. The first-order valence-corrected chi connectivity index (χ1v) is 9.70. The number of amides is 1. The van der Waals surface area contributed by atoms with Crippen molar-refractivity contribution in [3.8, 4) is 0 Å². The first-order valence-electron chi connectivity index (χ1n) is 9.70. The lowest BCUT2D eigenvalue weighted by Gasteiger charge is -2.20. The molecule has 0 aromatic heterocycles. The zero-order valence-electron chi connectivity index (χ0n) is 16.7. The van der Waals surface area contributed by atoms with Crippen LogP contribution in [0.15, 0.2) is 24.3 Å². The third-order valence-electron chi connectivity index (χ3n) is 4.22. The van der Waals surface area contributed by atoms with E-state index in [1.54, 1.807) is 6.92 Å². The van der Waals surface area contributed by atoms with Gasteiger partial charge in [0.25, 0.3) is 0 Å². The van der Waals surface area contributed by atoms with E-state index < -0.39 is 0 Å². The molecule has 1 aromatic carbocycles. The van der Waals surface area contributed by atoms with Crippen molar-refractivity contribution >= 4 is 17.7 Å². The molecule has 6 heteroatoms. The van der Waals surface area contributed by atoms with Crippen LogP contribution in [0.25, 0.3) is 0 Å². The van der Waals surface area contributed by atoms with Crippen molar-refractivity contribution in [3.05, 3.63) is 35.4 Å². The van der Waals surface area contributed by atoms with E-state index in [0.717, 1.165) is 31.2 Å². The summed E-state index contributed by atoms with van der Waals surface area (Å²) in [6, 6.07) is 7.45. The highest BCUT2D eigenvalue weighted by Crippen LogP contribution is 2.11. The van der Waals surface area contributed by atoms with Gasteiger partial charge in [-0.1, -0.05) is 38.1 Å². The lowest BCUT2D eigenvalue weighted by Crippen LogP contribution is -2.37. The Morgan fingerprint density at radius 1 is 1.19 bits per heavy atom. The molecule has 1 amide bonds. The van der Waals surface area contributed by atoms with Gasteiger partial charge >= 0.3 is 5.97 Å². The number of unbranched alkanes of at least 4 members (excludes halogenated alkanes) is 1. The van der Waals surface area contributed by atoms with Crippen molar-refractivity contribution in [1.29, 1.82) is 5.41 Å². The number of hydrogen-bond acceptors (Lipinski definition) is 4. The second-order valence-corrected chi connectivity index (χ2v) is 7.22. The van der Waals surface area contributed by atoms with Gasteiger partial charge in [-0.25, -0.2) is 0 Å². The van der Waals surface area contributed by atoms with Crippen molar-refractivity contribution in [2.45, 2.75) is 65.3 Å². The normalized spacial score (nSPS) is 11.9. The molecule has 0 spiro atoms. The van der Waals surface area contributed by atoms with Crippen LogP contribution in [0, 0.1) is 11.3 Å². The SMILES string of the molecule is CCOC(=O)CC(CC(C)C)NC(=O)CCCCc1ccc(C(=N)N)cc1. The van der Waals surface area contributed by atoms with Crippen molar-refractivity contribution < 1.29 is 14.3 Å². The van der Waals surface area contributed by atoms with Crippen molar-refractivity contribution in [1.82, 2.24) is 5.32 Å². The number of aryl methyl sites for hydroxylation is 1. The molecule has 1 aromatic rings. The lowest BCUT2D eigenvalue weighted by atomic mass is 10.0. The van der Waals surface area contributed by atoms with Crippen LogP contribution in [-0.2, 0) is 20.7 Å². The third-order valence-corrected chi connectivity index (χ3v) is 4.22. The van der Waals surface area contributed by atoms with Crippen LogP contribution in [0.3, 0.4) is 0 Å². The first kappa shape index (κ1) is 22.7. The number of nitrogens with one attached hydrogen (secondary N) is 2. The zero-order chi connectivity index (χ0) is 20.2. The Bertz CT molecular complexity index is 612. The standard InChI is InChI=1S/C21H33N3O3/c1-4-27-20(26)14-18(13-15(2)3)24-19(25)8-6-5-7-16-9-11-17(12-10-16)21(22)23/h9-12,15,18H,4-8,13-14H2,1-3H3,(H3,22,23)(H,24,25). The molecule has 150 valence electrons. The predicted molar refractivity (Wildman–Crippen MR) is 108 cm³/mol. The molecule has 6 nitrogen and oxygen atoms in total. The molecule has 0 radical (unpaired) electrons. The maximum absolute atomic E-state index is 12.2. The quantitative estimate of drug-likeness (QED) is 0.226. The van der Waals surface area contributed by atoms with Gasteiger partial charge in [0, 0.05) is 18.0 Å². The summed E-state index contributed by atoms with van der Waals surface area (Å²) in [5.74, 6) is 0.175. The summed E-state index contributed by atoms with van der Waals surface area (Å²) in [4.78, 5) is 23.9. The summed E-state index contributed by atoms with van der Waals surface area (Å²) < 4.78 is 4.99. The second-order valence-electron chi connectivity index (χ2n) is 7.22. The molecule has 0 aliphatic rings. The number of esters is 1. The highest BCUT2D eigenvalue weighted by Gasteiger charge is 2.18. The predicted octanol–water partition coefficient (Wildman–Crippen LogP) is 3.17. The van der Waals surface area contributed by atoms with Gasteiger partial charge in [-0.15, -0.1) is 0 Å². The monoisotopic (exact) mass is 375 g/mol. The summed E-state index contributed by atoms with van der Waals surface area (Å²) in [5, 5.41) is 10.4. The lowest BCUT2D eigenvalue weighted by molar-refractivity contribution is -0.143. The maximum atomic E-state index is 12.2.